The summed E-state index contributed by atoms with van der Waals surface area (Å²) in [6.45, 7) is 1.98. The minimum absolute atomic E-state index is 0.111. The Bertz CT molecular complexity index is 649. The van der Waals surface area contributed by atoms with E-state index in [1.54, 1.807) is 30.3 Å². The van der Waals surface area contributed by atoms with Gasteiger partial charge in [0.05, 0.1) is 11.6 Å². The standard InChI is InChI=1S/C15H11ClFNO/c1-10-6-13(16)4-5-15(10)19-9-12-3-2-11(8-18)7-14(12)17/h2-7H,9H2,1H3. The molecule has 4 heteroatoms. The van der Waals surface area contributed by atoms with Crippen molar-refractivity contribution in [2.24, 2.45) is 0 Å². The van der Waals surface area contributed by atoms with Crippen molar-refractivity contribution in [1.82, 2.24) is 0 Å². The highest BCUT2D eigenvalue weighted by Gasteiger charge is 2.06. The first-order chi connectivity index (χ1) is 9.10. The number of nitriles is 1. The topological polar surface area (TPSA) is 33.0 Å². The largest absolute Gasteiger partial charge is 0.489 e. The van der Waals surface area contributed by atoms with Gasteiger partial charge in [0.15, 0.2) is 0 Å². The monoisotopic (exact) mass is 275 g/mol. The Kier molecular flexibility index (Phi) is 4.03. The van der Waals surface area contributed by atoms with Crippen LogP contribution in [0.5, 0.6) is 5.75 Å². The van der Waals surface area contributed by atoms with E-state index in [9.17, 15) is 4.39 Å². The Balaban J connectivity index is 2.13. The van der Waals surface area contributed by atoms with E-state index in [1.807, 2.05) is 13.0 Å². The summed E-state index contributed by atoms with van der Waals surface area (Å²) in [7, 11) is 0. The number of benzene rings is 2. The quantitative estimate of drug-likeness (QED) is 0.839. The summed E-state index contributed by atoms with van der Waals surface area (Å²) in [5, 5.41) is 9.30. The zero-order chi connectivity index (χ0) is 13.8. The molecule has 19 heavy (non-hydrogen) atoms. The van der Waals surface area contributed by atoms with E-state index in [4.69, 9.17) is 21.6 Å². The number of hydrogen-bond donors (Lipinski definition) is 0. The lowest BCUT2D eigenvalue weighted by Crippen LogP contribution is -2.00. The van der Waals surface area contributed by atoms with Crippen LogP contribution in [0.2, 0.25) is 5.02 Å². The van der Waals surface area contributed by atoms with Crippen LogP contribution in [0.4, 0.5) is 4.39 Å². The van der Waals surface area contributed by atoms with E-state index in [0.29, 0.717) is 21.9 Å². The SMILES string of the molecule is Cc1cc(Cl)ccc1OCc1ccc(C#N)cc1F. The molecule has 2 aromatic rings. The molecule has 0 aliphatic heterocycles. The lowest BCUT2D eigenvalue weighted by molar-refractivity contribution is 0.298. The van der Waals surface area contributed by atoms with Crippen LogP contribution in [-0.2, 0) is 6.61 Å². The highest BCUT2D eigenvalue weighted by Crippen LogP contribution is 2.23. The van der Waals surface area contributed by atoms with Crippen molar-refractivity contribution in [1.29, 1.82) is 5.26 Å². The van der Waals surface area contributed by atoms with Gasteiger partial charge in [-0.2, -0.15) is 5.26 Å². The zero-order valence-corrected chi connectivity index (χ0v) is 11.0. The van der Waals surface area contributed by atoms with E-state index in [0.717, 1.165) is 5.56 Å². The van der Waals surface area contributed by atoms with Crippen LogP contribution in [0.1, 0.15) is 16.7 Å². The fourth-order valence-corrected chi connectivity index (χ4v) is 1.89. The molecule has 2 aromatic carbocycles. The van der Waals surface area contributed by atoms with E-state index in [2.05, 4.69) is 0 Å². The Morgan fingerprint density at radius 2 is 2.05 bits per heavy atom. The molecule has 0 aromatic heterocycles. The Labute approximate surface area is 116 Å². The Morgan fingerprint density at radius 1 is 1.26 bits per heavy atom. The third kappa shape index (κ3) is 3.24. The maximum Gasteiger partial charge on any atom is 0.131 e. The summed E-state index contributed by atoms with van der Waals surface area (Å²) in [6.07, 6.45) is 0. The average molecular weight is 276 g/mol. The molecule has 0 radical (unpaired) electrons. The summed E-state index contributed by atoms with van der Waals surface area (Å²) < 4.78 is 19.2. The molecule has 0 spiro atoms. The Hall–Kier alpha value is -2.05. The van der Waals surface area contributed by atoms with Crippen molar-refractivity contribution in [3.8, 4) is 11.8 Å². The number of halogens is 2. The van der Waals surface area contributed by atoms with Gasteiger partial charge in [0.2, 0.25) is 0 Å². The molecular formula is C15H11ClFNO. The van der Waals surface area contributed by atoms with Gasteiger partial charge in [-0.1, -0.05) is 17.7 Å². The predicted molar refractivity (Wildman–Crippen MR) is 71.6 cm³/mol. The lowest BCUT2D eigenvalue weighted by Gasteiger charge is -2.10. The third-order valence-electron chi connectivity index (χ3n) is 2.70. The van der Waals surface area contributed by atoms with Crippen LogP contribution in [0.3, 0.4) is 0 Å². The highest BCUT2D eigenvalue weighted by atomic mass is 35.5. The van der Waals surface area contributed by atoms with Crippen molar-refractivity contribution < 1.29 is 9.13 Å². The first-order valence-electron chi connectivity index (χ1n) is 5.67. The van der Waals surface area contributed by atoms with Crippen LogP contribution in [0.25, 0.3) is 0 Å². The van der Waals surface area contributed by atoms with Crippen molar-refractivity contribution >= 4 is 11.6 Å². The number of aryl methyl sites for hydroxylation is 1. The summed E-state index contributed by atoms with van der Waals surface area (Å²) in [4.78, 5) is 0. The van der Waals surface area contributed by atoms with Crippen LogP contribution in [0, 0.1) is 24.1 Å². The molecule has 0 aliphatic carbocycles. The summed E-state index contributed by atoms with van der Waals surface area (Å²) in [5.74, 6) is 0.221. The van der Waals surface area contributed by atoms with Gasteiger partial charge >= 0.3 is 0 Å². The molecular weight excluding hydrogens is 265 g/mol. The molecule has 2 nitrogen and oxygen atoms in total. The molecule has 0 saturated heterocycles. The molecule has 0 atom stereocenters. The van der Waals surface area contributed by atoms with Gasteiger partial charge in [-0.3, -0.25) is 0 Å². The van der Waals surface area contributed by atoms with Crippen LogP contribution < -0.4 is 4.74 Å². The summed E-state index contributed by atoms with van der Waals surface area (Å²) in [6, 6.07) is 11.5. The van der Waals surface area contributed by atoms with Crippen LogP contribution in [0.15, 0.2) is 36.4 Å². The van der Waals surface area contributed by atoms with Crippen molar-refractivity contribution in [2.45, 2.75) is 13.5 Å². The van der Waals surface area contributed by atoms with Crippen molar-refractivity contribution in [2.75, 3.05) is 0 Å². The van der Waals surface area contributed by atoms with Gasteiger partial charge in [0.25, 0.3) is 0 Å². The molecule has 0 saturated carbocycles. The van der Waals surface area contributed by atoms with Crippen molar-refractivity contribution in [3.05, 3.63) is 63.9 Å². The maximum atomic E-state index is 13.7. The minimum Gasteiger partial charge on any atom is -0.489 e. The third-order valence-corrected chi connectivity index (χ3v) is 2.94. The van der Waals surface area contributed by atoms with Crippen LogP contribution >= 0.6 is 11.6 Å². The van der Waals surface area contributed by atoms with Crippen molar-refractivity contribution in [3.63, 3.8) is 0 Å². The van der Waals surface area contributed by atoms with Crippen LogP contribution in [-0.4, -0.2) is 0 Å². The highest BCUT2D eigenvalue weighted by molar-refractivity contribution is 6.30. The number of hydrogen-bond acceptors (Lipinski definition) is 2. The number of nitrogens with zero attached hydrogens (tertiary/aromatic N) is 1. The molecule has 0 heterocycles. The van der Waals surface area contributed by atoms with Gasteiger partial charge in [-0.25, -0.2) is 4.39 Å². The van der Waals surface area contributed by atoms with Gasteiger partial charge < -0.3 is 4.74 Å². The molecule has 0 N–H and O–H groups in total. The molecule has 2 rings (SSSR count). The number of rotatable bonds is 3. The molecule has 0 fully saturated rings. The number of ether oxygens (including phenoxy) is 1. The summed E-state index contributed by atoms with van der Waals surface area (Å²) >= 11 is 5.85. The normalized spacial score (nSPS) is 10.0. The minimum atomic E-state index is -0.439. The maximum absolute atomic E-state index is 13.7. The molecule has 96 valence electrons. The molecule has 0 amide bonds. The molecule has 0 bridgehead atoms. The zero-order valence-electron chi connectivity index (χ0n) is 10.3. The van der Waals surface area contributed by atoms with E-state index in [-0.39, 0.29) is 6.61 Å². The Morgan fingerprint density at radius 3 is 2.68 bits per heavy atom. The van der Waals surface area contributed by atoms with Gasteiger partial charge in [0, 0.05) is 10.6 Å². The predicted octanol–water partition coefficient (Wildman–Crippen LogP) is 4.24. The molecule has 0 aliphatic rings. The fraction of sp³-hybridized carbons (Fsp3) is 0.133. The second-order valence-corrected chi connectivity index (χ2v) is 4.55. The fourth-order valence-electron chi connectivity index (χ4n) is 1.66. The second-order valence-electron chi connectivity index (χ2n) is 4.12. The first-order valence-corrected chi connectivity index (χ1v) is 6.05. The smallest absolute Gasteiger partial charge is 0.131 e. The van der Waals surface area contributed by atoms with Gasteiger partial charge in [-0.15, -0.1) is 0 Å². The van der Waals surface area contributed by atoms with E-state index >= 15 is 0 Å². The van der Waals surface area contributed by atoms with E-state index < -0.39 is 5.82 Å². The first kappa shape index (κ1) is 13.4. The summed E-state index contributed by atoms with van der Waals surface area (Å²) in [5.41, 5.74) is 1.60. The lowest BCUT2D eigenvalue weighted by atomic mass is 10.1. The van der Waals surface area contributed by atoms with E-state index in [1.165, 1.54) is 6.07 Å². The molecule has 0 unspecified atom stereocenters. The second kappa shape index (κ2) is 5.73. The average Bonchev–Trinajstić information content (AvgIpc) is 2.39. The van der Waals surface area contributed by atoms with Gasteiger partial charge in [-0.05, 0) is 42.8 Å². The van der Waals surface area contributed by atoms with Gasteiger partial charge in [0.1, 0.15) is 18.2 Å².